The average molecular weight is 361 g/mol. The van der Waals surface area contributed by atoms with Crippen molar-refractivity contribution in [1.29, 1.82) is 0 Å². The molecule has 0 saturated carbocycles. The van der Waals surface area contributed by atoms with Crippen molar-refractivity contribution < 1.29 is 13.2 Å². The first-order valence-corrected chi connectivity index (χ1v) is 9.28. The third kappa shape index (κ3) is 4.58. The predicted octanol–water partition coefficient (Wildman–Crippen LogP) is 2.60. The van der Waals surface area contributed by atoms with E-state index in [1.165, 1.54) is 26.2 Å². The van der Waals surface area contributed by atoms with E-state index in [-0.39, 0.29) is 17.3 Å². The summed E-state index contributed by atoms with van der Waals surface area (Å²) in [6.07, 6.45) is 0. The fourth-order valence-electron chi connectivity index (χ4n) is 2.41. The number of carbonyl (C=O) groups is 1. The molecule has 0 aliphatic heterocycles. The van der Waals surface area contributed by atoms with E-state index in [0.29, 0.717) is 5.69 Å². The second-order valence-electron chi connectivity index (χ2n) is 5.98. The lowest BCUT2D eigenvalue weighted by Crippen LogP contribution is -2.24. The number of carbonyl (C=O) groups excluding carboxylic acids is 1. The maximum atomic E-state index is 12.2. The van der Waals surface area contributed by atoms with Crippen molar-refractivity contribution in [3.63, 3.8) is 0 Å². The van der Waals surface area contributed by atoms with E-state index in [4.69, 9.17) is 0 Å². The fourth-order valence-corrected chi connectivity index (χ4v) is 3.36. The Kier molecular flexibility index (Phi) is 5.81. The maximum Gasteiger partial charge on any atom is 0.243 e. The van der Waals surface area contributed by atoms with E-state index >= 15 is 0 Å². The molecule has 25 heavy (non-hydrogen) atoms. The highest BCUT2D eigenvalue weighted by molar-refractivity contribution is 7.89. The topological polar surface area (TPSA) is 78.5 Å². The van der Waals surface area contributed by atoms with Crippen LogP contribution in [0.15, 0.2) is 47.4 Å². The van der Waals surface area contributed by atoms with Crippen LogP contribution in [-0.2, 0) is 14.8 Å². The van der Waals surface area contributed by atoms with Crippen molar-refractivity contribution in [3.8, 4) is 0 Å². The lowest BCUT2D eigenvalue weighted by atomic mass is 10.1. The highest BCUT2D eigenvalue weighted by atomic mass is 32.2. The molecule has 2 aromatic carbocycles. The summed E-state index contributed by atoms with van der Waals surface area (Å²) >= 11 is 0. The maximum absolute atomic E-state index is 12.2. The van der Waals surface area contributed by atoms with E-state index in [0.717, 1.165) is 21.1 Å². The number of nitrogens with zero attached hydrogens (tertiary/aromatic N) is 1. The normalized spacial score (nSPS) is 11.4. The van der Waals surface area contributed by atoms with Crippen LogP contribution < -0.4 is 10.6 Å². The zero-order valence-electron chi connectivity index (χ0n) is 14.8. The van der Waals surface area contributed by atoms with Crippen molar-refractivity contribution in [2.75, 3.05) is 31.3 Å². The third-order valence-electron chi connectivity index (χ3n) is 3.80. The van der Waals surface area contributed by atoms with Crippen LogP contribution in [0.4, 0.5) is 11.4 Å². The summed E-state index contributed by atoms with van der Waals surface area (Å²) in [7, 11) is -0.601. The van der Waals surface area contributed by atoms with Gasteiger partial charge in [0, 0.05) is 25.5 Å². The number of benzene rings is 2. The summed E-state index contributed by atoms with van der Waals surface area (Å²) in [5.41, 5.74) is 3.50. The molecule has 2 rings (SSSR count). The number of sulfonamides is 1. The molecule has 0 heterocycles. The molecule has 1 amide bonds. The number of amides is 1. The Morgan fingerprint density at radius 2 is 1.64 bits per heavy atom. The van der Waals surface area contributed by atoms with Gasteiger partial charge in [-0.1, -0.05) is 24.3 Å². The minimum Gasteiger partial charge on any atom is -0.376 e. The van der Waals surface area contributed by atoms with Gasteiger partial charge in [0.2, 0.25) is 15.9 Å². The zero-order valence-corrected chi connectivity index (χ0v) is 15.6. The second-order valence-corrected chi connectivity index (χ2v) is 8.14. The molecular formula is C18H23N3O3S. The Balaban J connectivity index is 2.06. The molecule has 2 aromatic rings. The summed E-state index contributed by atoms with van der Waals surface area (Å²) in [5.74, 6) is -0.248. The van der Waals surface area contributed by atoms with Gasteiger partial charge in [0.25, 0.3) is 0 Å². The number of nitrogens with one attached hydrogen (secondary N) is 2. The minimum atomic E-state index is -3.54. The number of anilines is 2. The molecule has 0 bridgehead atoms. The minimum absolute atomic E-state index is 0.0936. The summed E-state index contributed by atoms with van der Waals surface area (Å²) in [4.78, 5) is 12.3. The molecule has 0 unspecified atom stereocenters. The van der Waals surface area contributed by atoms with Gasteiger partial charge in [-0.3, -0.25) is 4.79 Å². The van der Waals surface area contributed by atoms with Crippen molar-refractivity contribution in [1.82, 2.24) is 4.31 Å². The second kappa shape index (κ2) is 7.67. The van der Waals surface area contributed by atoms with Crippen LogP contribution >= 0.6 is 0 Å². The monoisotopic (exact) mass is 361 g/mol. The number of hydrogen-bond donors (Lipinski definition) is 2. The van der Waals surface area contributed by atoms with Gasteiger partial charge in [-0.25, -0.2) is 12.7 Å². The van der Waals surface area contributed by atoms with Crippen LogP contribution in [0.25, 0.3) is 0 Å². The van der Waals surface area contributed by atoms with Gasteiger partial charge < -0.3 is 10.6 Å². The van der Waals surface area contributed by atoms with E-state index in [1.807, 2.05) is 32.0 Å². The Labute approximate surface area is 148 Å². The first kappa shape index (κ1) is 19.0. The van der Waals surface area contributed by atoms with E-state index in [2.05, 4.69) is 10.6 Å². The molecule has 6 nitrogen and oxygen atoms in total. The van der Waals surface area contributed by atoms with E-state index in [9.17, 15) is 13.2 Å². The van der Waals surface area contributed by atoms with Crippen LogP contribution in [-0.4, -0.2) is 39.3 Å². The quantitative estimate of drug-likeness (QED) is 0.829. The van der Waals surface area contributed by atoms with Gasteiger partial charge >= 0.3 is 0 Å². The number of para-hydroxylation sites is 1. The molecule has 2 N–H and O–H groups in total. The van der Waals surface area contributed by atoms with Gasteiger partial charge in [-0.2, -0.15) is 0 Å². The average Bonchev–Trinajstić information content (AvgIpc) is 2.54. The van der Waals surface area contributed by atoms with Crippen LogP contribution in [0, 0.1) is 13.8 Å². The van der Waals surface area contributed by atoms with Crippen LogP contribution in [0.3, 0.4) is 0 Å². The Bertz CT molecular complexity index is 857. The number of hydrogen-bond acceptors (Lipinski definition) is 4. The molecule has 0 spiro atoms. The summed E-state index contributed by atoms with van der Waals surface area (Å²) < 4.78 is 25.4. The van der Waals surface area contributed by atoms with E-state index < -0.39 is 10.0 Å². The SMILES string of the molecule is Cc1cccc(C)c1NCC(=O)Nc1cccc(S(=O)(=O)N(C)C)c1. The predicted molar refractivity (Wildman–Crippen MR) is 100 cm³/mol. The Morgan fingerprint density at radius 1 is 1.04 bits per heavy atom. The smallest absolute Gasteiger partial charge is 0.243 e. The van der Waals surface area contributed by atoms with Crippen LogP contribution in [0.5, 0.6) is 0 Å². The highest BCUT2D eigenvalue weighted by Crippen LogP contribution is 2.20. The molecule has 0 fully saturated rings. The highest BCUT2D eigenvalue weighted by Gasteiger charge is 2.17. The van der Waals surface area contributed by atoms with Crippen molar-refractivity contribution in [2.45, 2.75) is 18.7 Å². The summed E-state index contributed by atoms with van der Waals surface area (Å²) in [6.45, 7) is 4.04. The number of rotatable bonds is 6. The molecular weight excluding hydrogens is 338 g/mol. The largest absolute Gasteiger partial charge is 0.376 e. The van der Waals surface area contributed by atoms with Crippen molar-refractivity contribution in [2.24, 2.45) is 0 Å². The van der Waals surface area contributed by atoms with Gasteiger partial charge in [-0.05, 0) is 43.2 Å². The lowest BCUT2D eigenvalue weighted by molar-refractivity contribution is -0.114. The molecule has 0 atom stereocenters. The molecule has 134 valence electrons. The van der Waals surface area contributed by atoms with Gasteiger partial charge in [0.15, 0.2) is 0 Å². The first-order chi connectivity index (χ1) is 11.7. The van der Waals surface area contributed by atoms with Gasteiger partial charge in [-0.15, -0.1) is 0 Å². The molecule has 0 saturated heterocycles. The standard InChI is InChI=1S/C18H23N3O3S/c1-13-7-5-8-14(2)18(13)19-12-17(22)20-15-9-6-10-16(11-15)25(23,24)21(3)4/h5-11,19H,12H2,1-4H3,(H,20,22). The Morgan fingerprint density at radius 3 is 2.24 bits per heavy atom. The fraction of sp³-hybridized carbons (Fsp3) is 0.278. The third-order valence-corrected chi connectivity index (χ3v) is 5.61. The molecule has 0 aromatic heterocycles. The molecule has 0 aliphatic rings. The zero-order chi connectivity index (χ0) is 18.6. The van der Waals surface area contributed by atoms with Gasteiger partial charge in [0.05, 0.1) is 11.4 Å². The van der Waals surface area contributed by atoms with Crippen molar-refractivity contribution >= 4 is 27.3 Å². The summed E-state index contributed by atoms with van der Waals surface area (Å²) in [6, 6.07) is 12.1. The Hall–Kier alpha value is -2.38. The van der Waals surface area contributed by atoms with E-state index in [1.54, 1.807) is 12.1 Å². The molecule has 0 aliphatic carbocycles. The lowest BCUT2D eigenvalue weighted by Gasteiger charge is -2.14. The van der Waals surface area contributed by atoms with Crippen LogP contribution in [0.2, 0.25) is 0 Å². The molecule has 0 radical (unpaired) electrons. The summed E-state index contributed by atoms with van der Waals surface area (Å²) in [5, 5.41) is 5.84. The molecule has 7 heteroatoms. The number of aryl methyl sites for hydroxylation is 2. The van der Waals surface area contributed by atoms with Crippen molar-refractivity contribution in [3.05, 3.63) is 53.6 Å². The van der Waals surface area contributed by atoms with Crippen LogP contribution in [0.1, 0.15) is 11.1 Å². The first-order valence-electron chi connectivity index (χ1n) is 7.84. The van der Waals surface area contributed by atoms with Gasteiger partial charge in [0.1, 0.15) is 0 Å².